The second-order valence-electron chi connectivity index (χ2n) is 6.78. The van der Waals surface area contributed by atoms with Crippen molar-refractivity contribution in [3.05, 3.63) is 60.0 Å². The third-order valence-electron chi connectivity index (χ3n) is 4.52. The molecule has 150 valence electrons. The van der Waals surface area contributed by atoms with E-state index in [9.17, 15) is 4.79 Å². The first-order valence-corrected chi connectivity index (χ1v) is 9.21. The average molecular weight is 395 g/mol. The lowest BCUT2D eigenvalue weighted by Crippen LogP contribution is -2.39. The quantitative estimate of drug-likeness (QED) is 0.589. The number of para-hydroxylation sites is 2. The summed E-state index contributed by atoms with van der Waals surface area (Å²) in [4.78, 5) is 18.0. The molecule has 1 aliphatic rings. The van der Waals surface area contributed by atoms with Gasteiger partial charge in [0.05, 0.1) is 19.2 Å². The zero-order chi connectivity index (χ0) is 20.2. The van der Waals surface area contributed by atoms with Crippen LogP contribution in [0.25, 0.3) is 11.4 Å². The topological polar surface area (TPSA) is 86.9 Å². The third kappa shape index (κ3) is 4.38. The predicted molar refractivity (Wildman–Crippen MR) is 104 cm³/mol. The van der Waals surface area contributed by atoms with Gasteiger partial charge < -0.3 is 18.7 Å². The first-order valence-electron chi connectivity index (χ1n) is 9.21. The van der Waals surface area contributed by atoms with Crippen LogP contribution in [0, 0.1) is 0 Å². The molecule has 2 aromatic carbocycles. The molecular formula is C21H21N3O5. The zero-order valence-corrected chi connectivity index (χ0v) is 16.2. The van der Waals surface area contributed by atoms with Crippen LogP contribution >= 0.6 is 0 Å². The smallest absolute Gasteiger partial charge is 0.337 e. The minimum Gasteiger partial charge on any atom is -0.486 e. The van der Waals surface area contributed by atoms with Crippen molar-refractivity contribution in [3.8, 4) is 22.9 Å². The number of methoxy groups -OCH3 is 1. The molecule has 0 aliphatic carbocycles. The molecule has 1 atom stereocenters. The van der Waals surface area contributed by atoms with E-state index in [1.165, 1.54) is 7.11 Å². The van der Waals surface area contributed by atoms with Crippen LogP contribution < -0.4 is 9.47 Å². The van der Waals surface area contributed by atoms with Crippen molar-refractivity contribution in [2.45, 2.75) is 12.6 Å². The number of benzene rings is 2. The Morgan fingerprint density at radius 2 is 1.93 bits per heavy atom. The molecule has 3 aromatic rings. The zero-order valence-electron chi connectivity index (χ0n) is 16.2. The largest absolute Gasteiger partial charge is 0.486 e. The summed E-state index contributed by atoms with van der Waals surface area (Å²) in [5, 5.41) is 4.03. The summed E-state index contributed by atoms with van der Waals surface area (Å²) >= 11 is 0. The maximum Gasteiger partial charge on any atom is 0.337 e. The first-order chi connectivity index (χ1) is 14.1. The third-order valence-corrected chi connectivity index (χ3v) is 4.52. The summed E-state index contributed by atoms with van der Waals surface area (Å²) in [6.45, 7) is 1.62. The number of ether oxygens (including phenoxy) is 3. The predicted octanol–water partition coefficient (Wildman–Crippen LogP) is 2.80. The Morgan fingerprint density at radius 3 is 2.69 bits per heavy atom. The first kappa shape index (κ1) is 18.9. The Hall–Kier alpha value is -3.39. The van der Waals surface area contributed by atoms with E-state index in [0.717, 1.165) is 17.1 Å². The van der Waals surface area contributed by atoms with E-state index in [0.29, 0.717) is 37.0 Å². The maximum absolute atomic E-state index is 11.5. The Morgan fingerprint density at radius 1 is 1.17 bits per heavy atom. The van der Waals surface area contributed by atoms with E-state index in [4.69, 9.17) is 18.7 Å². The summed E-state index contributed by atoms with van der Waals surface area (Å²) in [6, 6.07) is 14.5. The van der Waals surface area contributed by atoms with Gasteiger partial charge in [-0.25, -0.2) is 4.79 Å². The minimum absolute atomic E-state index is 0.0804. The highest BCUT2D eigenvalue weighted by Crippen LogP contribution is 2.31. The summed E-state index contributed by atoms with van der Waals surface area (Å²) in [6.07, 6.45) is -0.0804. The molecule has 0 saturated carbocycles. The van der Waals surface area contributed by atoms with E-state index in [1.807, 2.05) is 36.2 Å². The van der Waals surface area contributed by atoms with E-state index in [-0.39, 0.29) is 12.1 Å². The van der Waals surface area contributed by atoms with Gasteiger partial charge in [-0.1, -0.05) is 29.4 Å². The van der Waals surface area contributed by atoms with Gasteiger partial charge >= 0.3 is 5.97 Å². The molecule has 1 aromatic heterocycles. The average Bonchev–Trinajstić information content (AvgIpc) is 3.21. The van der Waals surface area contributed by atoms with Crippen LogP contribution in [-0.4, -0.2) is 54.4 Å². The number of hydrogen-bond acceptors (Lipinski definition) is 8. The second kappa shape index (κ2) is 8.32. The van der Waals surface area contributed by atoms with Crippen LogP contribution in [0.1, 0.15) is 16.2 Å². The molecule has 0 saturated heterocycles. The monoisotopic (exact) mass is 395 g/mol. The van der Waals surface area contributed by atoms with Gasteiger partial charge in [-0.3, -0.25) is 4.90 Å². The number of carbonyl (C=O) groups is 1. The van der Waals surface area contributed by atoms with Gasteiger partial charge in [-0.05, 0) is 31.3 Å². The molecule has 0 spiro atoms. The summed E-state index contributed by atoms with van der Waals surface area (Å²) < 4.78 is 21.8. The molecule has 2 heterocycles. The van der Waals surface area contributed by atoms with Crippen molar-refractivity contribution < 1.29 is 23.5 Å². The van der Waals surface area contributed by atoms with Crippen molar-refractivity contribution in [2.75, 3.05) is 27.3 Å². The number of esters is 1. The van der Waals surface area contributed by atoms with Crippen molar-refractivity contribution in [3.63, 3.8) is 0 Å². The Kier molecular flexibility index (Phi) is 5.44. The number of hydrogen-bond donors (Lipinski definition) is 0. The Labute approximate surface area is 168 Å². The van der Waals surface area contributed by atoms with Gasteiger partial charge in [0.1, 0.15) is 12.7 Å². The van der Waals surface area contributed by atoms with E-state index < -0.39 is 0 Å². The number of likely N-dealkylation sites (N-methyl/N-ethyl adjacent to an activating group) is 1. The molecule has 0 bridgehead atoms. The summed E-state index contributed by atoms with van der Waals surface area (Å²) in [5.74, 6) is 2.11. The van der Waals surface area contributed by atoms with Gasteiger partial charge in [0, 0.05) is 12.1 Å². The van der Waals surface area contributed by atoms with Crippen molar-refractivity contribution in [1.82, 2.24) is 15.0 Å². The van der Waals surface area contributed by atoms with E-state index in [2.05, 4.69) is 10.1 Å². The van der Waals surface area contributed by atoms with Crippen LogP contribution in [0.3, 0.4) is 0 Å². The minimum atomic E-state index is -0.386. The molecule has 1 unspecified atom stereocenters. The Balaban J connectivity index is 1.35. The molecule has 0 amide bonds. The van der Waals surface area contributed by atoms with Crippen LogP contribution in [0.5, 0.6) is 11.5 Å². The van der Waals surface area contributed by atoms with Crippen LogP contribution in [0.4, 0.5) is 0 Å². The second-order valence-corrected chi connectivity index (χ2v) is 6.78. The highest BCUT2D eigenvalue weighted by atomic mass is 16.6. The van der Waals surface area contributed by atoms with Gasteiger partial charge in [0.15, 0.2) is 11.5 Å². The maximum atomic E-state index is 11.5. The van der Waals surface area contributed by atoms with Crippen molar-refractivity contribution in [2.24, 2.45) is 0 Å². The number of aromatic nitrogens is 2. The number of carbonyl (C=O) groups excluding carboxylic acids is 1. The van der Waals surface area contributed by atoms with Gasteiger partial charge in [-0.2, -0.15) is 4.98 Å². The Bertz CT molecular complexity index is 986. The number of fused-ring (bicyclic) bond motifs is 1. The van der Waals surface area contributed by atoms with Crippen LogP contribution in [-0.2, 0) is 11.3 Å². The molecule has 1 aliphatic heterocycles. The van der Waals surface area contributed by atoms with Crippen LogP contribution in [0.2, 0.25) is 0 Å². The van der Waals surface area contributed by atoms with Crippen molar-refractivity contribution >= 4 is 5.97 Å². The molecule has 0 fully saturated rings. The lowest BCUT2D eigenvalue weighted by molar-refractivity contribution is 0.0600. The molecule has 4 rings (SSSR count). The van der Waals surface area contributed by atoms with Crippen LogP contribution in [0.15, 0.2) is 53.1 Å². The van der Waals surface area contributed by atoms with Gasteiger partial charge in [0.25, 0.3) is 0 Å². The molecular weight excluding hydrogens is 374 g/mol. The fourth-order valence-electron chi connectivity index (χ4n) is 3.11. The highest BCUT2D eigenvalue weighted by Gasteiger charge is 2.22. The lowest BCUT2D eigenvalue weighted by Gasteiger charge is -2.29. The number of nitrogens with zero attached hydrogens (tertiary/aromatic N) is 3. The standard InChI is InChI=1S/C21H21N3O5/c1-24(11-16-13-27-17-5-3-4-6-18(17)28-16)12-19-22-20(23-29-19)14-7-9-15(10-8-14)21(25)26-2/h3-10,16H,11-13H2,1-2H3. The number of rotatable bonds is 6. The molecule has 8 heteroatoms. The lowest BCUT2D eigenvalue weighted by atomic mass is 10.1. The van der Waals surface area contributed by atoms with Gasteiger partial charge in [-0.15, -0.1) is 0 Å². The molecule has 0 N–H and O–H groups in total. The normalized spacial score (nSPS) is 15.3. The SMILES string of the molecule is COC(=O)c1ccc(-c2noc(CN(C)CC3COc4ccccc4O3)n2)cc1. The fourth-order valence-corrected chi connectivity index (χ4v) is 3.11. The summed E-state index contributed by atoms with van der Waals surface area (Å²) in [5.41, 5.74) is 1.23. The molecule has 8 nitrogen and oxygen atoms in total. The molecule has 29 heavy (non-hydrogen) atoms. The van der Waals surface area contributed by atoms with Crippen molar-refractivity contribution in [1.29, 1.82) is 0 Å². The summed E-state index contributed by atoms with van der Waals surface area (Å²) in [7, 11) is 3.31. The molecule has 0 radical (unpaired) electrons. The highest BCUT2D eigenvalue weighted by molar-refractivity contribution is 5.89. The van der Waals surface area contributed by atoms with Gasteiger partial charge in [0.2, 0.25) is 11.7 Å². The van der Waals surface area contributed by atoms with E-state index >= 15 is 0 Å². The van der Waals surface area contributed by atoms with E-state index in [1.54, 1.807) is 24.3 Å². The fraction of sp³-hybridized carbons (Fsp3) is 0.286.